The fraction of sp³-hybridized carbons (Fsp3) is 0.636. The van der Waals surface area contributed by atoms with Crippen LogP contribution in [0.3, 0.4) is 0 Å². The Morgan fingerprint density at radius 3 is 2.35 bits per heavy atom. The first kappa shape index (κ1) is 15.8. The molecule has 6 heteroatoms. The smallest absolute Gasteiger partial charge is 0.230 e. The second-order valence-electron chi connectivity index (χ2n) is 3.88. The van der Waals surface area contributed by atoms with Crippen LogP contribution >= 0.6 is 0 Å². The van der Waals surface area contributed by atoms with Crippen molar-refractivity contribution in [3.63, 3.8) is 0 Å². The lowest BCUT2D eigenvalue weighted by molar-refractivity contribution is 0.594. The van der Waals surface area contributed by atoms with E-state index in [1.54, 1.807) is 19.2 Å². The van der Waals surface area contributed by atoms with E-state index in [1.165, 1.54) is 0 Å². The Hall–Kier alpha value is -1.17. The van der Waals surface area contributed by atoms with Crippen LogP contribution in [0.4, 0.5) is 0 Å². The van der Waals surface area contributed by atoms with E-state index in [1.807, 2.05) is 20.8 Å². The Bertz CT molecular complexity index is 420. The lowest BCUT2D eigenvalue weighted by atomic mass is 10.2. The summed E-state index contributed by atoms with van der Waals surface area (Å²) in [6.07, 6.45) is 5.16. The molecule has 1 N–H and O–H groups in total. The highest BCUT2D eigenvalue weighted by atomic mass is 32.2. The average Bonchev–Trinajstić information content (AvgIpc) is 2.14. The van der Waals surface area contributed by atoms with Crippen LogP contribution in [0.5, 0.6) is 0 Å². The van der Waals surface area contributed by atoms with Crippen molar-refractivity contribution in [1.82, 2.24) is 4.72 Å². The summed E-state index contributed by atoms with van der Waals surface area (Å²) >= 11 is 0. The summed E-state index contributed by atoms with van der Waals surface area (Å²) in [6.45, 7) is 7.62. The van der Waals surface area contributed by atoms with Crippen molar-refractivity contribution in [1.29, 1.82) is 0 Å². The molecule has 0 heterocycles. The van der Waals surface area contributed by atoms with Crippen molar-refractivity contribution in [2.24, 2.45) is 15.9 Å². The predicted octanol–water partition coefficient (Wildman–Crippen LogP) is 1.93. The van der Waals surface area contributed by atoms with Gasteiger partial charge in [0.05, 0.1) is 6.26 Å². The Morgan fingerprint density at radius 2 is 2.00 bits per heavy atom. The Balaban J connectivity index is 5.21. The van der Waals surface area contributed by atoms with Crippen molar-refractivity contribution in [2.75, 3.05) is 6.26 Å². The molecule has 0 aromatic rings. The number of rotatable bonds is 5. The number of nitrogens with zero attached hydrogens (tertiary/aromatic N) is 2. The van der Waals surface area contributed by atoms with Gasteiger partial charge in [0.25, 0.3) is 0 Å². The van der Waals surface area contributed by atoms with Gasteiger partial charge in [-0.2, -0.15) is 0 Å². The molecule has 0 fully saturated rings. The van der Waals surface area contributed by atoms with Crippen LogP contribution in [0.2, 0.25) is 0 Å². The fourth-order valence-corrected chi connectivity index (χ4v) is 1.57. The molecule has 0 amide bonds. The van der Waals surface area contributed by atoms with Gasteiger partial charge in [-0.1, -0.05) is 20.8 Å². The van der Waals surface area contributed by atoms with Crippen LogP contribution < -0.4 is 4.72 Å². The molecular formula is C11H21N3O2S. The molecule has 0 aromatic heterocycles. The van der Waals surface area contributed by atoms with E-state index in [2.05, 4.69) is 14.7 Å². The van der Waals surface area contributed by atoms with Crippen molar-refractivity contribution in [2.45, 2.75) is 34.1 Å². The minimum Gasteiger partial charge on any atom is -0.268 e. The SMILES string of the molecule is CC=NC(=N/C(=C/CC)NS(C)(=O)=O)C(C)C. The van der Waals surface area contributed by atoms with Gasteiger partial charge in [-0.15, -0.1) is 0 Å². The van der Waals surface area contributed by atoms with Gasteiger partial charge in [-0.05, 0) is 19.4 Å². The highest BCUT2D eigenvalue weighted by Gasteiger charge is 2.07. The van der Waals surface area contributed by atoms with Gasteiger partial charge in [-0.3, -0.25) is 4.72 Å². The summed E-state index contributed by atoms with van der Waals surface area (Å²) in [4.78, 5) is 8.36. The van der Waals surface area contributed by atoms with E-state index in [-0.39, 0.29) is 5.92 Å². The lowest BCUT2D eigenvalue weighted by Gasteiger charge is -2.08. The highest BCUT2D eigenvalue weighted by Crippen LogP contribution is 2.05. The van der Waals surface area contributed by atoms with Crippen molar-refractivity contribution in [3.8, 4) is 0 Å². The van der Waals surface area contributed by atoms with Crippen LogP contribution in [-0.2, 0) is 10.0 Å². The van der Waals surface area contributed by atoms with Crippen LogP contribution in [0.25, 0.3) is 0 Å². The number of amidine groups is 1. The molecule has 17 heavy (non-hydrogen) atoms. The summed E-state index contributed by atoms with van der Waals surface area (Å²) in [7, 11) is -3.31. The van der Waals surface area contributed by atoms with E-state index in [0.29, 0.717) is 18.1 Å². The Kier molecular flexibility index (Phi) is 6.72. The Morgan fingerprint density at radius 1 is 1.41 bits per heavy atom. The summed E-state index contributed by atoms with van der Waals surface area (Å²) < 4.78 is 24.7. The largest absolute Gasteiger partial charge is 0.268 e. The van der Waals surface area contributed by atoms with Crippen molar-refractivity contribution in [3.05, 3.63) is 11.9 Å². The standard InChI is InChI=1S/C11H21N3O2S/c1-6-8-10(14-17(5,15)16)13-11(9(3)4)12-7-2/h7-9,14H,6H2,1-5H3/b10-8-,12-7?,13-11?. The third-order valence-electron chi connectivity index (χ3n) is 1.70. The fourth-order valence-electron chi connectivity index (χ4n) is 1.06. The van der Waals surface area contributed by atoms with Gasteiger partial charge >= 0.3 is 0 Å². The topological polar surface area (TPSA) is 70.9 Å². The number of hydrogen-bond acceptors (Lipinski definition) is 3. The first-order valence-corrected chi connectivity index (χ1v) is 7.44. The molecule has 0 bridgehead atoms. The van der Waals surface area contributed by atoms with E-state index < -0.39 is 10.0 Å². The highest BCUT2D eigenvalue weighted by molar-refractivity contribution is 7.88. The number of sulfonamides is 1. The number of nitrogens with one attached hydrogen (secondary N) is 1. The molecule has 0 aliphatic rings. The van der Waals surface area contributed by atoms with E-state index in [0.717, 1.165) is 6.26 Å². The molecule has 0 aliphatic carbocycles. The van der Waals surface area contributed by atoms with Gasteiger partial charge in [0.1, 0.15) is 11.7 Å². The Labute approximate surface area is 104 Å². The third-order valence-corrected chi connectivity index (χ3v) is 2.28. The zero-order valence-corrected chi connectivity index (χ0v) is 11.9. The molecule has 0 saturated carbocycles. The monoisotopic (exact) mass is 259 g/mol. The number of allylic oxidation sites excluding steroid dienone is 1. The lowest BCUT2D eigenvalue weighted by Crippen LogP contribution is -2.21. The third kappa shape index (κ3) is 7.68. The quantitative estimate of drug-likeness (QED) is 0.605. The van der Waals surface area contributed by atoms with Gasteiger partial charge < -0.3 is 0 Å². The average molecular weight is 259 g/mol. The van der Waals surface area contributed by atoms with Gasteiger partial charge in [-0.25, -0.2) is 18.4 Å². The molecule has 5 nitrogen and oxygen atoms in total. The number of hydrogen-bond donors (Lipinski definition) is 1. The maximum absolute atomic E-state index is 11.2. The normalized spacial score (nSPS) is 14.7. The first-order valence-electron chi connectivity index (χ1n) is 5.55. The van der Waals surface area contributed by atoms with E-state index in [4.69, 9.17) is 0 Å². The second-order valence-corrected chi connectivity index (χ2v) is 5.63. The maximum Gasteiger partial charge on any atom is 0.230 e. The summed E-state index contributed by atoms with van der Waals surface area (Å²) in [5, 5.41) is 0. The minimum absolute atomic E-state index is 0.132. The number of aliphatic imine (C=N–C) groups is 2. The molecule has 0 unspecified atom stereocenters. The summed E-state index contributed by atoms with van der Waals surface area (Å²) in [5.41, 5.74) is 0. The molecule has 0 aromatic carbocycles. The van der Waals surface area contributed by atoms with Crippen LogP contribution in [0, 0.1) is 5.92 Å². The van der Waals surface area contributed by atoms with Gasteiger partial charge in [0.15, 0.2) is 0 Å². The molecule has 98 valence electrons. The van der Waals surface area contributed by atoms with Crippen molar-refractivity contribution >= 4 is 22.1 Å². The molecule has 0 atom stereocenters. The van der Waals surface area contributed by atoms with Gasteiger partial charge in [0.2, 0.25) is 10.0 Å². The molecule has 0 saturated heterocycles. The van der Waals surface area contributed by atoms with Crippen LogP contribution in [0.15, 0.2) is 21.9 Å². The minimum atomic E-state index is -3.31. The van der Waals surface area contributed by atoms with Crippen LogP contribution in [0.1, 0.15) is 34.1 Å². The van der Waals surface area contributed by atoms with Crippen molar-refractivity contribution < 1.29 is 8.42 Å². The summed E-state index contributed by atoms with van der Waals surface area (Å²) in [6, 6.07) is 0. The zero-order valence-electron chi connectivity index (χ0n) is 11.1. The van der Waals surface area contributed by atoms with Crippen LogP contribution in [-0.4, -0.2) is 26.7 Å². The maximum atomic E-state index is 11.2. The molecule has 0 spiro atoms. The predicted molar refractivity (Wildman–Crippen MR) is 72.8 cm³/mol. The molecule has 0 rings (SSSR count). The zero-order chi connectivity index (χ0) is 13.5. The molecular weight excluding hydrogens is 238 g/mol. The first-order chi connectivity index (χ1) is 7.80. The summed E-state index contributed by atoms with van der Waals surface area (Å²) in [5.74, 6) is 1.06. The van der Waals surface area contributed by atoms with E-state index >= 15 is 0 Å². The van der Waals surface area contributed by atoms with E-state index in [9.17, 15) is 8.42 Å². The second kappa shape index (κ2) is 7.21. The molecule has 0 aliphatic heterocycles. The molecule has 0 radical (unpaired) electrons. The van der Waals surface area contributed by atoms with Gasteiger partial charge in [0, 0.05) is 12.1 Å².